The molecule has 0 saturated carbocycles. The Kier molecular flexibility index (Phi) is 3.36. The SMILES string of the molecule is O=C1Nc2cc(Cl)ccc2/C1=C\c1cc(Br)ccc1F. The van der Waals surface area contributed by atoms with Crippen molar-refractivity contribution in [3.63, 3.8) is 0 Å². The van der Waals surface area contributed by atoms with Crippen LogP contribution in [0.4, 0.5) is 10.1 Å². The molecule has 0 radical (unpaired) electrons. The molecule has 0 atom stereocenters. The van der Waals surface area contributed by atoms with Gasteiger partial charge in [0.15, 0.2) is 0 Å². The first-order valence-electron chi connectivity index (χ1n) is 5.82. The summed E-state index contributed by atoms with van der Waals surface area (Å²) in [6, 6.07) is 9.71. The standard InChI is InChI=1S/C15H8BrClFNO/c16-9-1-4-13(18)8(5-9)6-12-11-3-2-10(17)7-14(11)19-15(12)20/h1-7H,(H,19,20)/b12-6+. The second-order valence-corrected chi connectivity index (χ2v) is 5.72. The topological polar surface area (TPSA) is 29.1 Å². The number of rotatable bonds is 1. The molecule has 3 rings (SSSR count). The quantitative estimate of drug-likeness (QED) is 0.738. The van der Waals surface area contributed by atoms with Crippen LogP contribution in [0.3, 0.4) is 0 Å². The molecule has 20 heavy (non-hydrogen) atoms. The van der Waals surface area contributed by atoms with Gasteiger partial charge in [0.25, 0.3) is 5.91 Å². The minimum Gasteiger partial charge on any atom is -0.321 e. The van der Waals surface area contributed by atoms with E-state index in [1.165, 1.54) is 12.1 Å². The van der Waals surface area contributed by atoms with Crippen molar-refractivity contribution in [3.8, 4) is 0 Å². The van der Waals surface area contributed by atoms with Crippen LogP contribution in [0.5, 0.6) is 0 Å². The molecule has 1 aliphatic heterocycles. The van der Waals surface area contributed by atoms with E-state index < -0.39 is 0 Å². The van der Waals surface area contributed by atoms with Crippen molar-refractivity contribution in [1.82, 2.24) is 0 Å². The second kappa shape index (κ2) is 5.04. The third-order valence-electron chi connectivity index (χ3n) is 3.02. The van der Waals surface area contributed by atoms with Gasteiger partial charge in [-0.05, 0) is 36.4 Å². The summed E-state index contributed by atoms with van der Waals surface area (Å²) in [5.41, 5.74) is 2.14. The van der Waals surface area contributed by atoms with Crippen LogP contribution in [0.2, 0.25) is 5.02 Å². The minimum atomic E-state index is -0.379. The summed E-state index contributed by atoms with van der Waals surface area (Å²) in [5.74, 6) is -0.641. The van der Waals surface area contributed by atoms with Crippen LogP contribution in [0.1, 0.15) is 11.1 Å². The average molecular weight is 353 g/mol. The summed E-state index contributed by atoms with van der Waals surface area (Å²) in [5, 5.41) is 3.26. The van der Waals surface area contributed by atoms with Gasteiger partial charge in [-0.25, -0.2) is 4.39 Å². The number of benzene rings is 2. The van der Waals surface area contributed by atoms with Gasteiger partial charge in [-0.1, -0.05) is 33.6 Å². The van der Waals surface area contributed by atoms with Gasteiger partial charge < -0.3 is 5.32 Å². The molecule has 0 aliphatic carbocycles. The third-order valence-corrected chi connectivity index (χ3v) is 3.75. The number of fused-ring (bicyclic) bond motifs is 1. The van der Waals surface area contributed by atoms with E-state index in [2.05, 4.69) is 21.2 Å². The molecule has 1 N–H and O–H groups in total. The van der Waals surface area contributed by atoms with Gasteiger partial charge in [0.05, 0.1) is 5.69 Å². The third kappa shape index (κ3) is 2.37. The molecular formula is C15H8BrClFNO. The van der Waals surface area contributed by atoms with Crippen molar-refractivity contribution in [3.05, 3.63) is 62.8 Å². The summed E-state index contributed by atoms with van der Waals surface area (Å²) >= 11 is 9.18. The molecule has 0 unspecified atom stereocenters. The van der Waals surface area contributed by atoms with E-state index in [0.29, 0.717) is 21.8 Å². The van der Waals surface area contributed by atoms with Gasteiger partial charge in [-0.15, -0.1) is 0 Å². The molecule has 0 aromatic heterocycles. The van der Waals surface area contributed by atoms with Crippen molar-refractivity contribution >= 4 is 50.8 Å². The number of amides is 1. The summed E-state index contributed by atoms with van der Waals surface area (Å²) < 4.78 is 14.5. The van der Waals surface area contributed by atoms with Crippen molar-refractivity contribution in [2.75, 3.05) is 5.32 Å². The monoisotopic (exact) mass is 351 g/mol. The van der Waals surface area contributed by atoms with Crippen LogP contribution in [0.25, 0.3) is 11.6 Å². The fourth-order valence-corrected chi connectivity index (χ4v) is 2.64. The van der Waals surface area contributed by atoms with Crippen LogP contribution in [0.15, 0.2) is 40.9 Å². The van der Waals surface area contributed by atoms with Crippen molar-refractivity contribution in [2.45, 2.75) is 0 Å². The van der Waals surface area contributed by atoms with Gasteiger partial charge in [-0.3, -0.25) is 4.79 Å². The number of hydrogen-bond acceptors (Lipinski definition) is 1. The lowest BCUT2D eigenvalue weighted by Crippen LogP contribution is -2.03. The molecule has 2 aromatic carbocycles. The van der Waals surface area contributed by atoms with E-state index in [9.17, 15) is 9.18 Å². The molecule has 2 nitrogen and oxygen atoms in total. The number of halogens is 3. The lowest BCUT2D eigenvalue weighted by atomic mass is 10.0. The molecule has 1 amide bonds. The van der Waals surface area contributed by atoms with Crippen LogP contribution in [-0.2, 0) is 4.79 Å². The average Bonchev–Trinajstić information content (AvgIpc) is 2.69. The van der Waals surface area contributed by atoms with E-state index >= 15 is 0 Å². The van der Waals surface area contributed by atoms with Crippen molar-refractivity contribution in [1.29, 1.82) is 0 Å². The Balaban J connectivity index is 2.13. The molecule has 5 heteroatoms. The molecule has 0 fully saturated rings. The van der Waals surface area contributed by atoms with Crippen molar-refractivity contribution in [2.24, 2.45) is 0 Å². The molecular weight excluding hydrogens is 345 g/mol. The summed E-state index contributed by atoms with van der Waals surface area (Å²) in [6.07, 6.45) is 1.54. The van der Waals surface area contributed by atoms with Crippen LogP contribution in [0, 0.1) is 5.82 Å². The minimum absolute atomic E-state index is 0.262. The highest BCUT2D eigenvalue weighted by molar-refractivity contribution is 9.10. The Hall–Kier alpha value is -1.65. The lowest BCUT2D eigenvalue weighted by Gasteiger charge is -2.01. The first kappa shape index (κ1) is 13.3. The second-order valence-electron chi connectivity index (χ2n) is 4.37. The zero-order valence-corrected chi connectivity index (χ0v) is 12.4. The number of anilines is 1. The highest BCUT2D eigenvalue weighted by Gasteiger charge is 2.24. The fourth-order valence-electron chi connectivity index (χ4n) is 2.09. The predicted octanol–water partition coefficient (Wildman–Crippen LogP) is 4.73. The van der Waals surface area contributed by atoms with E-state index in [1.807, 2.05) is 0 Å². The van der Waals surface area contributed by atoms with Gasteiger partial charge >= 0.3 is 0 Å². The van der Waals surface area contributed by atoms with E-state index in [4.69, 9.17) is 11.6 Å². The highest BCUT2D eigenvalue weighted by atomic mass is 79.9. The highest BCUT2D eigenvalue weighted by Crippen LogP contribution is 2.35. The zero-order chi connectivity index (χ0) is 14.3. The van der Waals surface area contributed by atoms with E-state index in [-0.39, 0.29) is 11.7 Å². The Morgan fingerprint density at radius 3 is 2.80 bits per heavy atom. The number of carbonyl (C=O) groups excluding carboxylic acids is 1. The maximum Gasteiger partial charge on any atom is 0.256 e. The van der Waals surface area contributed by atoms with E-state index in [1.54, 1.807) is 30.3 Å². The molecule has 0 spiro atoms. The first-order chi connectivity index (χ1) is 9.54. The molecule has 0 bridgehead atoms. The largest absolute Gasteiger partial charge is 0.321 e. The Morgan fingerprint density at radius 1 is 1.20 bits per heavy atom. The van der Waals surface area contributed by atoms with Crippen LogP contribution in [-0.4, -0.2) is 5.91 Å². The summed E-state index contributed by atoms with van der Waals surface area (Å²) in [4.78, 5) is 12.0. The Labute approximate surface area is 128 Å². The summed E-state index contributed by atoms with van der Waals surface area (Å²) in [7, 11) is 0. The fraction of sp³-hybridized carbons (Fsp3) is 0. The van der Waals surface area contributed by atoms with Gasteiger partial charge in [-0.2, -0.15) is 0 Å². The Bertz CT molecular complexity index is 758. The zero-order valence-electron chi connectivity index (χ0n) is 10.1. The first-order valence-corrected chi connectivity index (χ1v) is 7.00. The number of carbonyl (C=O) groups is 1. The molecule has 2 aromatic rings. The van der Waals surface area contributed by atoms with Crippen LogP contribution >= 0.6 is 27.5 Å². The number of hydrogen-bond donors (Lipinski definition) is 1. The van der Waals surface area contributed by atoms with Gasteiger partial charge in [0.2, 0.25) is 0 Å². The number of nitrogens with one attached hydrogen (secondary N) is 1. The van der Waals surface area contributed by atoms with Crippen LogP contribution < -0.4 is 5.32 Å². The maximum absolute atomic E-state index is 13.8. The molecule has 1 heterocycles. The summed E-state index contributed by atoms with van der Waals surface area (Å²) in [6.45, 7) is 0. The molecule has 100 valence electrons. The van der Waals surface area contributed by atoms with Gasteiger partial charge in [0, 0.05) is 26.2 Å². The maximum atomic E-state index is 13.8. The van der Waals surface area contributed by atoms with E-state index in [0.717, 1.165) is 10.0 Å². The molecule has 0 saturated heterocycles. The smallest absolute Gasteiger partial charge is 0.256 e. The van der Waals surface area contributed by atoms with Gasteiger partial charge in [0.1, 0.15) is 5.82 Å². The van der Waals surface area contributed by atoms with Crippen molar-refractivity contribution < 1.29 is 9.18 Å². The Morgan fingerprint density at radius 2 is 2.00 bits per heavy atom. The normalized spacial score (nSPS) is 15.3. The molecule has 1 aliphatic rings. The predicted molar refractivity (Wildman–Crippen MR) is 82.1 cm³/mol. The lowest BCUT2D eigenvalue weighted by molar-refractivity contribution is -0.110.